The molecular formula is C20H15N5O8S2. The van der Waals surface area contributed by atoms with Crippen LogP contribution in [0.1, 0.15) is 23.1 Å². The molecule has 0 saturated heterocycles. The number of para-hydroxylation sites is 2. The first kappa shape index (κ1) is 24.2. The Bertz CT molecular complexity index is 1750. The highest BCUT2D eigenvalue weighted by atomic mass is 32.2. The summed E-state index contributed by atoms with van der Waals surface area (Å²) in [7, 11) is -9.90. The minimum absolute atomic E-state index is 0.0191. The summed E-state index contributed by atoms with van der Waals surface area (Å²) in [5.74, 6) is -0.622. The molecule has 0 spiro atoms. The number of imidazole rings is 1. The van der Waals surface area contributed by atoms with Crippen molar-refractivity contribution in [1.82, 2.24) is 9.55 Å². The van der Waals surface area contributed by atoms with Crippen LogP contribution in [0, 0.1) is 11.3 Å². The number of nitriles is 1. The van der Waals surface area contributed by atoms with E-state index in [4.69, 9.17) is 0 Å². The number of aliphatic hydroxyl groups is 1. The molecule has 2 heterocycles. The second-order valence-corrected chi connectivity index (χ2v) is 10.1. The number of carbonyl (C=O) groups excluding carboxylic acids is 1. The van der Waals surface area contributed by atoms with Crippen LogP contribution in [0.2, 0.25) is 0 Å². The topological polar surface area (TPSA) is 212 Å². The maximum Gasteiger partial charge on any atom is 0.296 e. The lowest BCUT2D eigenvalue weighted by Crippen LogP contribution is -2.30. The summed E-state index contributed by atoms with van der Waals surface area (Å²) >= 11 is 0. The van der Waals surface area contributed by atoms with E-state index in [1.165, 1.54) is 6.92 Å². The molecule has 0 saturated carbocycles. The summed E-state index contributed by atoms with van der Waals surface area (Å²) in [4.78, 5) is 15.9. The third kappa shape index (κ3) is 4.09. The maximum atomic E-state index is 13.3. The Balaban J connectivity index is 1.92. The Morgan fingerprint density at radius 2 is 1.77 bits per heavy atom. The minimum Gasteiger partial charge on any atom is -0.392 e. The number of aromatic nitrogens is 2. The first-order valence-electron chi connectivity index (χ1n) is 9.58. The minimum atomic E-state index is -4.98. The van der Waals surface area contributed by atoms with Crippen molar-refractivity contribution in [2.24, 2.45) is 5.10 Å². The zero-order chi connectivity index (χ0) is 25.7. The number of carbonyl (C=O) groups is 1. The highest BCUT2D eigenvalue weighted by Crippen LogP contribution is 2.31. The fourth-order valence-corrected chi connectivity index (χ4v) is 5.00. The van der Waals surface area contributed by atoms with Gasteiger partial charge in [-0.05, 0) is 31.2 Å². The van der Waals surface area contributed by atoms with Crippen LogP contribution < -0.4 is 5.43 Å². The lowest BCUT2D eigenvalue weighted by atomic mass is 10.0. The van der Waals surface area contributed by atoms with Crippen molar-refractivity contribution < 1.29 is 35.8 Å². The van der Waals surface area contributed by atoms with Gasteiger partial charge < -0.3 is 5.11 Å². The van der Waals surface area contributed by atoms with Crippen molar-refractivity contribution in [3.63, 3.8) is 0 Å². The van der Waals surface area contributed by atoms with Crippen molar-refractivity contribution in [3.8, 4) is 6.07 Å². The van der Waals surface area contributed by atoms with E-state index in [2.05, 4.69) is 15.5 Å². The van der Waals surface area contributed by atoms with Gasteiger partial charge in [0, 0.05) is 11.1 Å². The van der Waals surface area contributed by atoms with E-state index in [0.717, 1.165) is 4.57 Å². The molecule has 15 heteroatoms. The van der Waals surface area contributed by atoms with E-state index in [-0.39, 0.29) is 22.7 Å². The van der Waals surface area contributed by atoms with Crippen LogP contribution in [0.25, 0.3) is 16.6 Å². The van der Waals surface area contributed by atoms with Gasteiger partial charge in [0.05, 0.1) is 23.3 Å². The molecular weight excluding hydrogens is 502 g/mol. The van der Waals surface area contributed by atoms with Crippen LogP contribution in [0.15, 0.2) is 56.9 Å². The van der Waals surface area contributed by atoms with E-state index in [9.17, 15) is 41.1 Å². The van der Waals surface area contributed by atoms with Gasteiger partial charge in [0.15, 0.2) is 11.5 Å². The number of benzene rings is 2. The maximum absolute atomic E-state index is 13.3. The molecule has 180 valence electrons. The summed E-state index contributed by atoms with van der Waals surface area (Å²) in [6, 6.07) is 9.83. The number of nitrogens with zero attached hydrogens (tertiary/aromatic N) is 4. The number of aliphatic hydroxyl groups excluding tert-OH is 1. The normalized spacial score (nSPS) is 15.4. The van der Waals surface area contributed by atoms with Gasteiger partial charge in [-0.3, -0.25) is 23.9 Å². The van der Waals surface area contributed by atoms with Crippen LogP contribution in [-0.4, -0.2) is 52.2 Å². The molecule has 0 amide bonds. The number of anilines is 1. The lowest BCUT2D eigenvalue weighted by molar-refractivity contribution is 0.0992. The van der Waals surface area contributed by atoms with E-state index >= 15 is 0 Å². The number of fused-ring (bicyclic) bond motifs is 3. The van der Waals surface area contributed by atoms with Crippen molar-refractivity contribution in [1.29, 1.82) is 5.26 Å². The first-order valence-corrected chi connectivity index (χ1v) is 12.5. The van der Waals surface area contributed by atoms with Crippen molar-refractivity contribution in [2.75, 3.05) is 5.43 Å². The van der Waals surface area contributed by atoms with Gasteiger partial charge in [-0.2, -0.15) is 27.2 Å². The van der Waals surface area contributed by atoms with Crippen molar-refractivity contribution in [3.05, 3.63) is 53.4 Å². The molecule has 0 fully saturated rings. The number of hydrazone groups is 1. The Kier molecular flexibility index (Phi) is 5.79. The number of allylic oxidation sites excluding steroid dienone is 2. The van der Waals surface area contributed by atoms with E-state index in [1.54, 1.807) is 24.3 Å². The molecule has 0 bridgehead atoms. The SMILES string of the molecule is CC1=C(C#N)c2nc3ccccc3n2C(=O)/C1=N/Nc1cc(S(=O)(=O)O)c(CO)cc1S(=O)(=O)O. The average Bonchev–Trinajstić information content (AvgIpc) is 3.17. The smallest absolute Gasteiger partial charge is 0.296 e. The first-order chi connectivity index (χ1) is 16.4. The molecule has 1 aliphatic heterocycles. The van der Waals surface area contributed by atoms with Crippen molar-refractivity contribution in [2.45, 2.75) is 23.3 Å². The fraction of sp³-hybridized carbons (Fsp3) is 0.100. The second kappa shape index (κ2) is 8.37. The molecule has 35 heavy (non-hydrogen) atoms. The van der Waals surface area contributed by atoms with Gasteiger partial charge >= 0.3 is 0 Å². The molecule has 13 nitrogen and oxygen atoms in total. The van der Waals surface area contributed by atoms with Crippen LogP contribution >= 0.6 is 0 Å². The quantitative estimate of drug-likeness (QED) is 0.281. The third-order valence-electron chi connectivity index (χ3n) is 5.21. The Morgan fingerprint density at radius 1 is 1.11 bits per heavy atom. The summed E-state index contributed by atoms with van der Waals surface area (Å²) in [5.41, 5.74) is 1.72. The molecule has 2 aromatic carbocycles. The largest absolute Gasteiger partial charge is 0.392 e. The van der Waals surface area contributed by atoms with E-state index in [0.29, 0.717) is 23.2 Å². The molecule has 0 atom stereocenters. The third-order valence-corrected chi connectivity index (χ3v) is 7.04. The molecule has 3 aromatic rings. The monoisotopic (exact) mass is 517 g/mol. The summed E-state index contributed by atoms with van der Waals surface area (Å²) in [6.45, 7) is 0.441. The van der Waals surface area contributed by atoms with Crippen molar-refractivity contribution >= 4 is 54.1 Å². The summed E-state index contributed by atoms with van der Waals surface area (Å²) in [6.07, 6.45) is 0. The second-order valence-electron chi connectivity index (χ2n) is 7.31. The lowest BCUT2D eigenvalue weighted by Gasteiger charge is -2.18. The zero-order valence-electron chi connectivity index (χ0n) is 17.7. The van der Waals surface area contributed by atoms with Gasteiger partial charge in [0.1, 0.15) is 21.4 Å². The van der Waals surface area contributed by atoms with Gasteiger partial charge in [0.2, 0.25) is 0 Å². The van der Waals surface area contributed by atoms with Gasteiger partial charge in [0.25, 0.3) is 26.1 Å². The molecule has 4 N–H and O–H groups in total. The number of hydrogen-bond donors (Lipinski definition) is 4. The van der Waals surface area contributed by atoms with E-state index in [1.807, 2.05) is 6.07 Å². The van der Waals surface area contributed by atoms with Gasteiger partial charge in [-0.25, -0.2) is 4.98 Å². The van der Waals surface area contributed by atoms with Crippen LogP contribution in [0.4, 0.5) is 5.69 Å². The molecule has 0 radical (unpaired) electrons. The number of hydrogen-bond acceptors (Lipinski definition) is 10. The fourth-order valence-electron chi connectivity index (χ4n) is 3.60. The Labute approximate surface area is 198 Å². The predicted octanol–water partition coefficient (Wildman–Crippen LogP) is 1.44. The Hall–Kier alpha value is -3.94. The highest BCUT2D eigenvalue weighted by Gasteiger charge is 2.32. The highest BCUT2D eigenvalue weighted by molar-refractivity contribution is 7.86. The van der Waals surface area contributed by atoms with Crippen LogP contribution in [-0.2, 0) is 26.8 Å². The number of rotatable bonds is 5. The standard InChI is InChI=1S/C20H15N5O8S2/c1-10-12(8-21)19-22-13-4-2-3-5-15(13)25(19)20(27)18(10)24-23-14-7-16(34(28,29)30)11(9-26)6-17(14)35(31,32)33/h2-7,23,26H,9H2,1H3,(H,28,29,30)(H,31,32,33)/b24-18+. The summed E-state index contributed by atoms with van der Waals surface area (Å²) < 4.78 is 67.4. The van der Waals surface area contributed by atoms with Crippen LogP contribution in [0.3, 0.4) is 0 Å². The zero-order valence-corrected chi connectivity index (χ0v) is 19.3. The predicted molar refractivity (Wildman–Crippen MR) is 122 cm³/mol. The molecule has 0 aliphatic carbocycles. The molecule has 4 rings (SSSR count). The molecule has 1 aromatic heterocycles. The molecule has 0 unspecified atom stereocenters. The van der Waals surface area contributed by atoms with E-state index < -0.39 is 53.8 Å². The van der Waals surface area contributed by atoms with Gasteiger partial charge in [-0.15, -0.1) is 0 Å². The Morgan fingerprint density at radius 3 is 2.37 bits per heavy atom. The van der Waals surface area contributed by atoms with Gasteiger partial charge in [-0.1, -0.05) is 12.1 Å². The summed E-state index contributed by atoms with van der Waals surface area (Å²) in [5, 5.41) is 23.0. The average molecular weight is 518 g/mol. The van der Waals surface area contributed by atoms with Crippen LogP contribution in [0.5, 0.6) is 0 Å². The molecule has 1 aliphatic rings. The number of nitrogens with one attached hydrogen (secondary N) is 1.